The zero-order valence-corrected chi connectivity index (χ0v) is 18.0. The summed E-state index contributed by atoms with van der Waals surface area (Å²) in [5, 5.41) is 20.8. The minimum absolute atomic E-state index is 0.113. The van der Waals surface area contributed by atoms with Gasteiger partial charge in [-0.3, -0.25) is 0 Å². The molecular weight excluding hydrogens is 437 g/mol. The number of anilines is 1. The van der Waals surface area contributed by atoms with Gasteiger partial charge in [-0.25, -0.2) is 14.0 Å². The number of halogens is 2. The van der Waals surface area contributed by atoms with Crippen molar-refractivity contribution >= 4 is 29.3 Å². The van der Waals surface area contributed by atoms with Gasteiger partial charge in [0, 0.05) is 11.6 Å². The Morgan fingerprint density at radius 1 is 1.22 bits per heavy atom. The molecule has 8 nitrogen and oxygen atoms in total. The topological polar surface area (TPSA) is 100 Å². The number of hydrogen-bond donors (Lipinski definition) is 2. The summed E-state index contributed by atoms with van der Waals surface area (Å²) in [5.74, 6) is -0.557. The van der Waals surface area contributed by atoms with Crippen molar-refractivity contribution in [3.8, 4) is 0 Å². The fourth-order valence-electron chi connectivity index (χ4n) is 3.83. The number of carbonyl (C=O) groups excluding carboxylic acids is 1. The average molecular weight is 458 g/mol. The zero-order valence-electron chi connectivity index (χ0n) is 17.3. The Labute approximate surface area is 188 Å². The van der Waals surface area contributed by atoms with Crippen LogP contribution in [-0.2, 0) is 6.54 Å². The smallest absolute Gasteiger partial charge is 0.335 e. The summed E-state index contributed by atoms with van der Waals surface area (Å²) in [5.41, 5.74) is 0.720. The van der Waals surface area contributed by atoms with Crippen LogP contribution in [-0.4, -0.2) is 43.3 Å². The normalized spacial score (nSPS) is 15.7. The Balaban J connectivity index is 1.57. The van der Waals surface area contributed by atoms with E-state index in [9.17, 15) is 14.0 Å². The van der Waals surface area contributed by atoms with Gasteiger partial charge >= 0.3 is 12.0 Å². The lowest BCUT2D eigenvalue weighted by Gasteiger charge is -2.25. The highest BCUT2D eigenvalue weighted by atomic mass is 35.5. The molecule has 2 aromatic carbocycles. The summed E-state index contributed by atoms with van der Waals surface area (Å²) < 4.78 is 16.1. The van der Waals surface area contributed by atoms with Crippen LogP contribution in [0.25, 0.3) is 0 Å². The molecule has 1 atom stereocenters. The van der Waals surface area contributed by atoms with Crippen LogP contribution in [0.15, 0.2) is 42.5 Å². The Bertz CT molecular complexity index is 1160. The highest BCUT2D eigenvalue weighted by Gasteiger charge is 2.34. The molecule has 1 aliphatic heterocycles. The molecule has 0 aliphatic carbocycles. The average Bonchev–Trinajstić information content (AvgIpc) is 3.38. The maximum Gasteiger partial charge on any atom is 0.335 e. The van der Waals surface area contributed by atoms with E-state index in [0.29, 0.717) is 36.2 Å². The van der Waals surface area contributed by atoms with E-state index in [4.69, 9.17) is 16.7 Å². The number of rotatable bonds is 5. The molecule has 166 valence electrons. The lowest BCUT2D eigenvalue weighted by Crippen LogP contribution is -2.36. The molecule has 4 rings (SSSR count). The molecule has 0 radical (unpaired) electrons. The highest BCUT2D eigenvalue weighted by Crippen LogP contribution is 2.32. The van der Waals surface area contributed by atoms with Gasteiger partial charge in [0.2, 0.25) is 0 Å². The molecule has 2 heterocycles. The molecule has 1 aliphatic rings. The third kappa shape index (κ3) is 4.43. The molecule has 1 saturated heterocycles. The number of benzene rings is 2. The van der Waals surface area contributed by atoms with E-state index in [-0.39, 0.29) is 17.3 Å². The van der Waals surface area contributed by atoms with E-state index in [1.807, 2.05) is 35.8 Å². The molecule has 2 amide bonds. The van der Waals surface area contributed by atoms with E-state index in [2.05, 4.69) is 15.5 Å². The first kappa shape index (κ1) is 21.8. The van der Waals surface area contributed by atoms with Crippen LogP contribution >= 0.6 is 11.6 Å². The van der Waals surface area contributed by atoms with Gasteiger partial charge in [-0.1, -0.05) is 23.7 Å². The zero-order chi connectivity index (χ0) is 22.8. The second-order valence-corrected chi connectivity index (χ2v) is 8.04. The Morgan fingerprint density at radius 3 is 2.69 bits per heavy atom. The SMILES string of the molecule is Cc1nnc([C@H]2CCCN2C(=O)Nc2cc(C(=O)O)ccc2F)n1Cc1ccc(Cl)cc1. The quantitative estimate of drug-likeness (QED) is 0.587. The van der Waals surface area contributed by atoms with Crippen molar-refractivity contribution in [2.75, 3.05) is 11.9 Å². The lowest BCUT2D eigenvalue weighted by molar-refractivity contribution is 0.0697. The van der Waals surface area contributed by atoms with Crippen LogP contribution in [0.1, 0.15) is 46.5 Å². The highest BCUT2D eigenvalue weighted by molar-refractivity contribution is 6.30. The monoisotopic (exact) mass is 457 g/mol. The van der Waals surface area contributed by atoms with Crippen LogP contribution in [0.4, 0.5) is 14.9 Å². The number of carboxylic acid groups (broad SMARTS) is 1. The maximum absolute atomic E-state index is 14.2. The maximum atomic E-state index is 14.2. The van der Waals surface area contributed by atoms with Crippen molar-refractivity contribution in [2.45, 2.75) is 32.4 Å². The Morgan fingerprint density at radius 2 is 1.97 bits per heavy atom. The first-order valence-corrected chi connectivity index (χ1v) is 10.5. The van der Waals surface area contributed by atoms with E-state index in [1.165, 1.54) is 0 Å². The van der Waals surface area contributed by atoms with E-state index < -0.39 is 17.8 Å². The van der Waals surface area contributed by atoms with Gasteiger partial charge in [0.15, 0.2) is 5.82 Å². The Hall–Kier alpha value is -3.46. The predicted molar refractivity (Wildman–Crippen MR) is 116 cm³/mol. The van der Waals surface area contributed by atoms with Gasteiger partial charge in [-0.2, -0.15) is 0 Å². The number of aromatic carboxylic acids is 1. The van der Waals surface area contributed by atoms with Gasteiger partial charge in [-0.15, -0.1) is 10.2 Å². The summed E-state index contributed by atoms with van der Waals surface area (Å²) in [7, 11) is 0. The van der Waals surface area contributed by atoms with Crippen LogP contribution < -0.4 is 5.32 Å². The summed E-state index contributed by atoms with van der Waals surface area (Å²) in [6.07, 6.45) is 1.44. The summed E-state index contributed by atoms with van der Waals surface area (Å²) in [4.78, 5) is 25.7. The second-order valence-electron chi connectivity index (χ2n) is 7.60. The van der Waals surface area contributed by atoms with E-state index >= 15 is 0 Å². The van der Waals surface area contributed by atoms with Gasteiger partial charge in [0.1, 0.15) is 11.6 Å². The molecule has 0 bridgehead atoms. The number of aryl methyl sites for hydroxylation is 1. The minimum atomic E-state index is -1.20. The third-order valence-corrected chi connectivity index (χ3v) is 5.74. The molecule has 2 N–H and O–H groups in total. The van der Waals surface area contributed by atoms with Crippen molar-refractivity contribution in [1.29, 1.82) is 0 Å². The van der Waals surface area contributed by atoms with E-state index in [0.717, 1.165) is 30.2 Å². The lowest BCUT2D eigenvalue weighted by atomic mass is 10.2. The van der Waals surface area contributed by atoms with Gasteiger partial charge in [-0.05, 0) is 55.7 Å². The summed E-state index contributed by atoms with van der Waals surface area (Å²) in [6, 6.07) is 9.87. The number of amides is 2. The molecule has 0 spiro atoms. The number of hydrogen-bond acceptors (Lipinski definition) is 4. The molecule has 3 aromatic rings. The predicted octanol–water partition coefficient (Wildman–Crippen LogP) is 4.49. The van der Waals surface area contributed by atoms with Crippen molar-refractivity contribution in [3.05, 3.63) is 76.1 Å². The fraction of sp³-hybridized carbons (Fsp3) is 0.273. The van der Waals surface area contributed by atoms with Gasteiger partial charge < -0.3 is 19.9 Å². The van der Waals surface area contributed by atoms with Crippen molar-refractivity contribution < 1.29 is 19.1 Å². The Kier molecular flexibility index (Phi) is 6.09. The standard InChI is InChI=1S/C22H21ClFN5O3/c1-13-26-27-20(29(13)12-14-4-7-16(23)8-5-14)19-3-2-10-28(19)22(32)25-18-11-15(21(30)31)6-9-17(18)24/h4-9,11,19H,2-3,10,12H2,1H3,(H,25,32)(H,30,31)/t19-/m1/s1. The number of nitrogens with one attached hydrogen (secondary N) is 1. The summed E-state index contributed by atoms with van der Waals surface area (Å²) >= 11 is 5.98. The molecular formula is C22H21ClFN5O3. The second kappa shape index (κ2) is 8.96. The minimum Gasteiger partial charge on any atom is -0.478 e. The number of aromatic nitrogens is 3. The number of nitrogens with zero attached hydrogens (tertiary/aromatic N) is 4. The molecule has 0 unspecified atom stereocenters. The number of carbonyl (C=O) groups is 2. The summed E-state index contributed by atoms with van der Waals surface area (Å²) in [6.45, 7) is 2.83. The largest absolute Gasteiger partial charge is 0.478 e. The van der Waals surface area contributed by atoms with Gasteiger partial charge in [0.25, 0.3) is 0 Å². The van der Waals surface area contributed by atoms with Crippen LogP contribution in [0.3, 0.4) is 0 Å². The molecule has 32 heavy (non-hydrogen) atoms. The number of carboxylic acids is 1. The van der Waals surface area contributed by atoms with Crippen molar-refractivity contribution in [1.82, 2.24) is 19.7 Å². The fourth-order valence-corrected chi connectivity index (χ4v) is 3.96. The molecule has 10 heteroatoms. The first-order chi connectivity index (χ1) is 15.3. The van der Waals surface area contributed by atoms with E-state index in [1.54, 1.807) is 4.90 Å². The number of likely N-dealkylation sites (tertiary alicyclic amines) is 1. The van der Waals surface area contributed by atoms with Crippen LogP contribution in [0.2, 0.25) is 5.02 Å². The van der Waals surface area contributed by atoms with Crippen molar-refractivity contribution in [2.24, 2.45) is 0 Å². The molecule has 0 saturated carbocycles. The third-order valence-electron chi connectivity index (χ3n) is 5.48. The number of urea groups is 1. The van der Waals surface area contributed by atoms with Gasteiger partial charge in [0.05, 0.1) is 23.8 Å². The van der Waals surface area contributed by atoms with Crippen LogP contribution in [0, 0.1) is 12.7 Å². The first-order valence-electron chi connectivity index (χ1n) is 10.1. The molecule has 1 fully saturated rings. The van der Waals surface area contributed by atoms with Crippen molar-refractivity contribution in [3.63, 3.8) is 0 Å². The van der Waals surface area contributed by atoms with Crippen LogP contribution in [0.5, 0.6) is 0 Å². The molecule has 1 aromatic heterocycles.